The summed E-state index contributed by atoms with van der Waals surface area (Å²) in [5, 5.41) is 4.26. The minimum absolute atomic E-state index is 0.354. The molecule has 0 aromatic heterocycles. The van der Waals surface area contributed by atoms with Crippen molar-refractivity contribution >= 4 is 33.2 Å². The number of nitrogens with one attached hydrogen (secondary N) is 2. The molecule has 0 aliphatic rings. The van der Waals surface area contributed by atoms with Crippen molar-refractivity contribution in [2.45, 2.75) is 6.54 Å². The number of halogens is 2. The normalized spacial score (nSPS) is 11.7. The van der Waals surface area contributed by atoms with Gasteiger partial charge >= 0.3 is 0 Å². The molecule has 4 nitrogen and oxygen atoms in total. The second-order valence-corrected chi connectivity index (χ2v) is 6.33. The summed E-state index contributed by atoms with van der Waals surface area (Å²) in [5.41, 5.74) is 0.960. The third-order valence-corrected chi connectivity index (χ3v) is 3.08. The fourth-order valence-corrected chi connectivity index (χ4v) is 2.31. The molecule has 0 radical (unpaired) electrons. The molecule has 0 fully saturated rings. The third-order valence-electron chi connectivity index (χ3n) is 1.92. The van der Waals surface area contributed by atoms with Gasteiger partial charge in [-0.15, -0.1) is 0 Å². The van der Waals surface area contributed by atoms with Gasteiger partial charge < -0.3 is 5.32 Å². The molecule has 7 heteroatoms. The lowest BCUT2D eigenvalue weighted by atomic mass is 10.2. The third kappa shape index (κ3) is 6.85. The Morgan fingerprint density at radius 2 is 1.71 bits per heavy atom. The molecule has 0 aliphatic heterocycles. The molecule has 0 atom stereocenters. The van der Waals surface area contributed by atoms with Crippen LogP contribution in [0.15, 0.2) is 18.2 Å². The predicted molar refractivity (Wildman–Crippen MR) is 71.0 cm³/mol. The van der Waals surface area contributed by atoms with Crippen molar-refractivity contribution in [2.75, 3.05) is 19.3 Å². The zero-order valence-electron chi connectivity index (χ0n) is 9.33. The van der Waals surface area contributed by atoms with E-state index in [0.717, 1.165) is 11.8 Å². The summed E-state index contributed by atoms with van der Waals surface area (Å²) in [5.74, 6) is 0. The van der Waals surface area contributed by atoms with Crippen LogP contribution in [0, 0.1) is 0 Å². The first kappa shape index (κ1) is 14.7. The van der Waals surface area contributed by atoms with Crippen LogP contribution in [0.5, 0.6) is 0 Å². The summed E-state index contributed by atoms with van der Waals surface area (Å²) in [7, 11) is -3.11. The standard InChI is InChI=1S/C10H14Cl2N2O2S/c1-17(15,16)14-3-2-13-7-8-4-9(11)6-10(12)5-8/h4-6,13-14H,2-3,7H2,1H3. The van der Waals surface area contributed by atoms with Crippen molar-refractivity contribution in [1.29, 1.82) is 0 Å². The zero-order valence-corrected chi connectivity index (χ0v) is 11.7. The molecular weight excluding hydrogens is 283 g/mol. The minimum atomic E-state index is -3.11. The highest BCUT2D eigenvalue weighted by Crippen LogP contribution is 2.18. The molecular formula is C10H14Cl2N2O2S. The Hall–Kier alpha value is -0.330. The second kappa shape index (κ2) is 6.56. The van der Waals surface area contributed by atoms with Crippen LogP contribution in [0.3, 0.4) is 0 Å². The molecule has 0 aliphatic carbocycles. The van der Waals surface area contributed by atoms with Crippen LogP contribution in [-0.2, 0) is 16.6 Å². The maximum Gasteiger partial charge on any atom is 0.208 e. The highest BCUT2D eigenvalue weighted by Gasteiger charge is 2.00. The van der Waals surface area contributed by atoms with Gasteiger partial charge in [-0.3, -0.25) is 0 Å². The fourth-order valence-electron chi connectivity index (χ4n) is 1.27. The van der Waals surface area contributed by atoms with E-state index in [9.17, 15) is 8.42 Å². The molecule has 0 spiro atoms. The van der Waals surface area contributed by atoms with Gasteiger partial charge in [0, 0.05) is 29.7 Å². The lowest BCUT2D eigenvalue weighted by Gasteiger charge is -2.06. The number of hydrogen-bond donors (Lipinski definition) is 2. The van der Waals surface area contributed by atoms with E-state index in [1.807, 2.05) is 12.1 Å². The Balaban J connectivity index is 2.31. The van der Waals surface area contributed by atoms with Crippen LogP contribution in [0.1, 0.15) is 5.56 Å². The first-order valence-electron chi connectivity index (χ1n) is 4.97. The lowest BCUT2D eigenvalue weighted by molar-refractivity contribution is 0.582. The predicted octanol–water partition coefficient (Wildman–Crippen LogP) is 1.63. The van der Waals surface area contributed by atoms with Crippen molar-refractivity contribution in [3.63, 3.8) is 0 Å². The number of sulfonamides is 1. The van der Waals surface area contributed by atoms with Gasteiger partial charge in [0.1, 0.15) is 0 Å². The van der Waals surface area contributed by atoms with Gasteiger partial charge in [-0.2, -0.15) is 0 Å². The van der Waals surface area contributed by atoms with Gasteiger partial charge in [-0.1, -0.05) is 23.2 Å². The smallest absolute Gasteiger partial charge is 0.208 e. The van der Waals surface area contributed by atoms with E-state index in [0.29, 0.717) is 29.7 Å². The summed E-state index contributed by atoms with van der Waals surface area (Å²) < 4.78 is 23.9. The van der Waals surface area contributed by atoms with Crippen molar-refractivity contribution in [1.82, 2.24) is 10.0 Å². The maximum absolute atomic E-state index is 10.8. The molecule has 17 heavy (non-hydrogen) atoms. The Bertz CT molecular complexity index is 457. The quantitative estimate of drug-likeness (QED) is 0.785. The van der Waals surface area contributed by atoms with Crippen molar-refractivity contribution < 1.29 is 8.42 Å². The van der Waals surface area contributed by atoms with Crippen molar-refractivity contribution in [3.05, 3.63) is 33.8 Å². The fraction of sp³-hybridized carbons (Fsp3) is 0.400. The topological polar surface area (TPSA) is 58.2 Å². The van der Waals surface area contributed by atoms with Crippen LogP contribution in [0.2, 0.25) is 10.0 Å². The molecule has 96 valence electrons. The highest BCUT2D eigenvalue weighted by molar-refractivity contribution is 7.88. The molecule has 0 unspecified atom stereocenters. The zero-order chi connectivity index (χ0) is 12.9. The molecule has 0 amide bonds. The maximum atomic E-state index is 10.8. The average Bonchev–Trinajstić information content (AvgIpc) is 2.13. The first-order valence-corrected chi connectivity index (χ1v) is 7.62. The van der Waals surface area contributed by atoms with E-state index < -0.39 is 10.0 Å². The molecule has 1 rings (SSSR count). The molecule has 1 aromatic carbocycles. The van der Waals surface area contributed by atoms with E-state index in [-0.39, 0.29) is 0 Å². The second-order valence-electron chi connectivity index (χ2n) is 3.62. The molecule has 2 N–H and O–H groups in total. The number of rotatable bonds is 6. The highest BCUT2D eigenvalue weighted by atomic mass is 35.5. The lowest BCUT2D eigenvalue weighted by Crippen LogP contribution is -2.30. The van der Waals surface area contributed by atoms with Gasteiger partial charge in [0.2, 0.25) is 10.0 Å². The van der Waals surface area contributed by atoms with Gasteiger partial charge in [-0.05, 0) is 23.8 Å². The van der Waals surface area contributed by atoms with Crippen LogP contribution in [0.4, 0.5) is 0 Å². The molecule has 0 saturated heterocycles. The van der Waals surface area contributed by atoms with E-state index in [1.165, 1.54) is 0 Å². The Labute approximate surface area is 111 Å². The summed E-state index contributed by atoms with van der Waals surface area (Å²) in [4.78, 5) is 0. The van der Waals surface area contributed by atoms with Crippen LogP contribution < -0.4 is 10.0 Å². The molecule has 0 saturated carbocycles. The van der Waals surface area contributed by atoms with Gasteiger partial charge in [0.15, 0.2) is 0 Å². The molecule has 1 aromatic rings. The van der Waals surface area contributed by atoms with Gasteiger partial charge in [0.25, 0.3) is 0 Å². The van der Waals surface area contributed by atoms with Crippen molar-refractivity contribution in [3.8, 4) is 0 Å². The number of hydrogen-bond acceptors (Lipinski definition) is 3. The average molecular weight is 297 g/mol. The Morgan fingerprint density at radius 1 is 1.12 bits per heavy atom. The largest absolute Gasteiger partial charge is 0.311 e. The SMILES string of the molecule is CS(=O)(=O)NCCNCc1cc(Cl)cc(Cl)c1. The van der Waals surface area contributed by atoms with E-state index in [4.69, 9.17) is 23.2 Å². The monoisotopic (exact) mass is 296 g/mol. The van der Waals surface area contributed by atoms with Crippen LogP contribution >= 0.6 is 23.2 Å². The van der Waals surface area contributed by atoms with Crippen molar-refractivity contribution in [2.24, 2.45) is 0 Å². The number of benzene rings is 1. The van der Waals surface area contributed by atoms with Gasteiger partial charge in [-0.25, -0.2) is 13.1 Å². The molecule has 0 heterocycles. The summed E-state index contributed by atoms with van der Waals surface area (Å²) in [6, 6.07) is 5.28. The molecule has 0 bridgehead atoms. The van der Waals surface area contributed by atoms with E-state index in [1.54, 1.807) is 6.07 Å². The Morgan fingerprint density at radius 3 is 2.24 bits per heavy atom. The minimum Gasteiger partial charge on any atom is -0.311 e. The summed E-state index contributed by atoms with van der Waals surface area (Å²) in [6.07, 6.45) is 1.13. The first-order chi connectivity index (χ1) is 7.87. The summed E-state index contributed by atoms with van der Waals surface area (Å²) in [6.45, 7) is 1.48. The van der Waals surface area contributed by atoms with Crippen LogP contribution in [-0.4, -0.2) is 27.8 Å². The van der Waals surface area contributed by atoms with E-state index in [2.05, 4.69) is 10.0 Å². The van der Waals surface area contributed by atoms with Crippen LogP contribution in [0.25, 0.3) is 0 Å². The van der Waals surface area contributed by atoms with E-state index >= 15 is 0 Å². The Kier molecular flexibility index (Phi) is 5.69. The summed E-state index contributed by atoms with van der Waals surface area (Å²) >= 11 is 11.7. The van der Waals surface area contributed by atoms with Gasteiger partial charge in [0.05, 0.1) is 6.26 Å².